The summed E-state index contributed by atoms with van der Waals surface area (Å²) in [6, 6.07) is 12.0. The van der Waals surface area contributed by atoms with E-state index in [-0.39, 0.29) is 18.9 Å². The molecule has 4 rings (SSSR count). The van der Waals surface area contributed by atoms with Gasteiger partial charge in [-0.1, -0.05) is 50.3 Å². The van der Waals surface area contributed by atoms with Gasteiger partial charge in [0.15, 0.2) is 0 Å². The number of rotatable bonds is 9. The molecule has 200 valence electrons. The molecule has 8 heteroatoms. The van der Waals surface area contributed by atoms with E-state index in [4.69, 9.17) is 20.9 Å². The van der Waals surface area contributed by atoms with Crippen LogP contribution in [-0.4, -0.2) is 45.8 Å². The highest BCUT2D eigenvalue weighted by atomic mass is 16.5. The number of allylic oxidation sites excluding steroid dienone is 1. The summed E-state index contributed by atoms with van der Waals surface area (Å²) >= 11 is 0. The molecular formula is C30H37N5O3. The lowest BCUT2D eigenvalue weighted by molar-refractivity contribution is -0.106. The lowest BCUT2D eigenvalue weighted by Crippen LogP contribution is -2.08. The molecule has 4 N–H and O–H groups in total. The van der Waals surface area contributed by atoms with Crippen molar-refractivity contribution in [3.05, 3.63) is 95.2 Å². The van der Waals surface area contributed by atoms with E-state index in [1.165, 1.54) is 5.57 Å². The van der Waals surface area contributed by atoms with Gasteiger partial charge in [-0.05, 0) is 35.8 Å². The largest absolute Gasteiger partial charge is 0.493 e. The third kappa shape index (κ3) is 8.36. The number of hydrogen-bond acceptors (Lipinski definition) is 6. The Balaban J connectivity index is 0.000000947. The molecule has 0 saturated heterocycles. The van der Waals surface area contributed by atoms with Crippen molar-refractivity contribution in [2.75, 3.05) is 25.1 Å². The summed E-state index contributed by atoms with van der Waals surface area (Å²) < 4.78 is 7.62. The van der Waals surface area contributed by atoms with Crippen LogP contribution in [0.5, 0.6) is 0 Å². The lowest BCUT2D eigenvalue weighted by Gasteiger charge is -2.13. The van der Waals surface area contributed by atoms with Crippen LogP contribution >= 0.6 is 0 Å². The Hall–Kier alpha value is -4.35. The van der Waals surface area contributed by atoms with Gasteiger partial charge in [-0.2, -0.15) is 4.98 Å². The van der Waals surface area contributed by atoms with E-state index < -0.39 is 0 Å². The number of terminal acetylenes is 1. The standard InChI is InChI=1S/C27H28N4O2.C2H6.CH3NO/c1-3-8-22-13-16-33-25(22)11-7-14-28-27-29-17-20(2)26(30-27)31-15-12-23(18-31)24(19-32)21-9-5-4-6-10-21;1-2;2-1-3/h1,4-7,9-12,15,17-18,24,32H,8,13-14,16,19H2,2H3,(H,28,29,30);1-2H3;1H,(H2,2,3)/b11-7-;;. The molecule has 38 heavy (non-hydrogen) atoms. The van der Waals surface area contributed by atoms with Gasteiger partial charge in [0.1, 0.15) is 11.6 Å². The maximum atomic E-state index is 9.98. The zero-order valence-electron chi connectivity index (χ0n) is 22.3. The van der Waals surface area contributed by atoms with Crippen molar-refractivity contribution in [2.24, 2.45) is 5.73 Å². The minimum atomic E-state index is -0.0798. The zero-order chi connectivity index (χ0) is 27.8. The SMILES string of the molecule is C#CCC1=C(/C=C\CNc2ncc(C)c(-n3ccc(C(CO)c4ccccc4)c3)n2)OCC1.CC.NC=O. The van der Waals surface area contributed by atoms with Crippen molar-refractivity contribution in [3.8, 4) is 18.2 Å². The Bertz CT molecular complexity index is 1240. The third-order valence-corrected chi connectivity index (χ3v) is 5.66. The van der Waals surface area contributed by atoms with Crippen LogP contribution in [0.1, 0.15) is 49.3 Å². The van der Waals surface area contributed by atoms with Crippen molar-refractivity contribution >= 4 is 12.4 Å². The number of nitrogens with two attached hydrogens (primary N) is 1. The van der Waals surface area contributed by atoms with Crippen molar-refractivity contribution in [1.82, 2.24) is 14.5 Å². The minimum absolute atomic E-state index is 0.0408. The van der Waals surface area contributed by atoms with Gasteiger partial charge >= 0.3 is 0 Å². The van der Waals surface area contributed by atoms with Crippen LogP contribution in [0, 0.1) is 19.3 Å². The topological polar surface area (TPSA) is 115 Å². The van der Waals surface area contributed by atoms with Crippen LogP contribution in [0.25, 0.3) is 5.82 Å². The Labute approximate surface area is 225 Å². The molecule has 0 spiro atoms. The summed E-state index contributed by atoms with van der Waals surface area (Å²) in [5, 5.41) is 13.2. The van der Waals surface area contributed by atoms with Crippen LogP contribution in [0.4, 0.5) is 5.95 Å². The normalized spacial score (nSPS) is 12.9. The van der Waals surface area contributed by atoms with E-state index in [0.29, 0.717) is 25.5 Å². The van der Waals surface area contributed by atoms with Crippen LogP contribution in [0.3, 0.4) is 0 Å². The number of carbonyl (C=O) groups is 1. The zero-order valence-corrected chi connectivity index (χ0v) is 22.3. The second-order valence-corrected chi connectivity index (χ2v) is 8.06. The van der Waals surface area contributed by atoms with Crippen molar-refractivity contribution in [1.29, 1.82) is 0 Å². The Morgan fingerprint density at radius 1 is 1.26 bits per heavy atom. The molecule has 1 amide bonds. The molecule has 0 aliphatic carbocycles. The number of nitrogens with zero attached hydrogens (tertiary/aromatic N) is 3. The number of nitrogens with one attached hydrogen (secondary N) is 1. The first-order valence-corrected chi connectivity index (χ1v) is 12.6. The number of benzene rings is 1. The van der Waals surface area contributed by atoms with Crippen molar-refractivity contribution < 1.29 is 14.6 Å². The number of ether oxygens (including phenoxy) is 1. The molecule has 0 radical (unpaired) electrons. The van der Waals surface area contributed by atoms with Crippen molar-refractivity contribution in [3.63, 3.8) is 0 Å². The molecule has 1 unspecified atom stereocenters. The third-order valence-electron chi connectivity index (χ3n) is 5.66. The second-order valence-electron chi connectivity index (χ2n) is 8.06. The molecule has 2 aromatic heterocycles. The fourth-order valence-electron chi connectivity index (χ4n) is 3.91. The van der Waals surface area contributed by atoms with Crippen LogP contribution in [-0.2, 0) is 9.53 Å². The Morgan fingerprint density at radius 2 is 2.00 bits per heavy atom. The van der Waals surface area contributed by atoms with E-state index in [9.17, 15) is 5.11 Å². The van der Waals surface area contributed by atoms with E-state index in [1.54, 1.807) is 0 Å². The van der Waals surface area contributed by atoms with E-state index in [2.05, 4.69) is 22.0 Å². The number of primary amides is 1. The monoisotopic (exact) mass is 515 g/mol. The lowest BCUT2D eigenvalue weighted by atomic mass is 9.94. The highest BCUT2D eigenvalue weighted by molar-refractivity contribution is 5.42. The van der Waals surface area contributed by atoms with Gasteiger partial charge in [0.2, 0.25) is 12.4 Å². The highest BCUT2D eigenvalue weighted by Crippen LogP contribution is 2.26. The fourth-order valence-corrected chi connectivity index (χ4v) is 3.91. The number of amides is 1. The van der Waals surface area contributed by atoms with Gasteiger partial charge in [0.05, 0.1) is 13.2 Å². The fraction of sp³-hybridized carbons (Fsp3) is 0.300. The summed E-state index contributed by atoms with van der Waals surface area (Å²) in [4.78, 5) is 17.7. The highest BCUT2D eigenvalue weighted by Gasteiger charge is 2.16. The van der Waals surface area contributed by atoms with Crippen molar-refractivity contribution in [2.45, 2.75) is 39.5 Å². The first kappa shape index (κ1) is 29.9. The van der Waals surface area contributed by atoms with Crippen LogP contribution in [0.2, 0.25) is 0 Å². The molecule has 0 bridgehead atoms. The van der Waals surface area contributed by atoms with Gasteiger partial charge in [-0.25, -0.2) is 4.98 Å². The average molecular weight is 516 g/mol. The molecule has 1 aromatic carbocycles. The number of aromatic nitrogens is 3. The number of aryl methyl sites for hydroxylation is 1. The predicted octanol–water partition coefficient (Wildman–Crippen LogP) is 4.49. The molecule has 3 heterocycles. The molecule has 3 aromatic rings. The molecule has 1 atom stereocenters. The van der Waals surface area contributed by atoms with Gasteiger partial charge in [-0.15, -0.1) is 12.3 Å². The van der Waals surface area contributed by atoms with E-state index >= 15 is 0 Å². The summed E-state index contributed by atoms with van der Waals surface area (Å²) in [6.07, 6.45) is 16.9. The van der Waals surface area contributed by atoms with Crippen LogP contribution in [0.15, 0.2) is 78.5 Å². The summed E-state index contributed by atoms with van der Waals surface area (Å²) in [6.45, 7) is 7.28. The van der Waals surface area contributed by atoms with Crippen LogP contribution < -0.4 is 11.1 Å². The molecular weight excluding hydrogens is 478 g/mol. The van der Waals surface area contributed by atoms with E-state index in [1.807, 2.05) is 92.5 Å². The maximum Gasteiger partial charge on any atom is 0.224 e. The molecule has 8 nitrogen and oxygen atoms in total. The average Bonchev–Trinajstić information content (AvgIpc) is 3.60. The summed E-state index contributed by atoms with van der Waals surface area (Å²) in [7, 11) is 0. The van der Waals surface area contributed by atoms with E-state index in [0.717, 1.165) is 34.7 Å². The number of aliphatic hydroxyl groups excluding tert-OH is 1. The number of aliphatic hydroxyl groups is 1. The quantitative estimate of drug-likeness (QED) is 0.286. The first-order valence-electron chi connectivity index (χ1n) is 12.6. The number of anilines is 1. The molecule has 0 fully saturated rings. The minimum Gasteiger partial charge on any atom is -0.493 e. The molecule has 0 saturated carbocycles. The Kier molecular flexibility index (Phi) is 12.9. The van der Waals surface area contributed by atoms with Gasteiger partial charge in [0, 0.05) is 49.5 Å². The number of carbonyl (C=O) groups excluding carboxylic acids is 1. The molecule has 1 aliphatic heterocycles. The smallest absolute Gasteiger partial charge is 0.224 e. The number of hydrogen-bond donors (Lipinski definition) is 3. The maximum absolute atomic E-state index is 9.98. The first-order chi connectivity index (χ1) is 18.6. The second kappa shape index (κ2) is 16.4. The summed E-state index contributed by atoms with van der Waals surface area (Å²) in [5.41, 5.74) is 8.41. The molecule has 1 aliphatic rings. The van der Waals surface area contributed by atoms with Gasteiger partial charge in [-0.3, -0.25) is 4.79 Å². The summed E-state index contributed by atoms with van der Waals surface area (Å²) in [5.74, 6) is 4.81. The van der Waals surface area contributed by atoms with Gasteiger partial charge < -0.3 is 25.5 Å². The predicted molar refractivity (Wildman–Crippen MR) is 152 cm³/mol. The Morgan fingerprint density at radius 3 is 2.68 bits per heavy atom. The van der Waals surface area contributed by atoms with Gasteiger partial charge in [0.25, 0.3) is 0 Å².